The van der Waals surface area contributed by atoms with Gasteiger partial charge in [-0.05, 0) is 60.5 Å². The number of para-hydroxylation sites is 1. The number of amides is 1. The summed E-state index contributed by atoms with van der Waals surface area (Å²) in [5.74, 6) is 1.52. The van der Waals surface area contributed by atoms with E-state index < -0.39 is 5.54 Å². The molecule has 2 aliphatic rings. The highest BCUT2D eigenvalue weighted by atomic mass is 32.1. The van der Waals surface area contributed by atoms with Crippen molar-refractivity contribution in [2.45, 2.75) is 18.4 Å². The first-order valence-corrected chi connectivity index (χ1v) is 7.97. The number of nitrogens with zero attached hydrogens (tertiary/aromatic N) is 1. The second-order valence-corrected chi connectivity index (χ2v) is 6.32. The van der Waals surface area contributed by atoms with Crippen molar-refractivity contribution in [3.05, 3.63) is 59.7 Å². The molecule has 1 aliphatic carbocycles. The summed E-state index contributed by atoms with van der Waals surface area (Å²) in [4.78, 5) is 14.2. The average molecular weight is 324 g/mol. The summed E-state index contributed by atoms with van der Waals surface area (Å²) in [7, 11) is 1.72. The molecule has 4 rings (SSSR count). The van der Waals surface area contributed by atoms with Crippen molar-refractivity contribution in [2.75, 3.05) is 7.05 Å². The maximum atomic E-state index is 12.7. The minimum absolute atomic E-state index is 0.0121. The highest BCUT2D eigenvalue weighted by molar-refractivity contribution is 7.80. The fourth-order valence-corrected chi connectivity index (χ4v) is 3.62. The van der Waals surface area contributed by atoms with Crippen LogP contribution in [-0.2, 0) is 16.8 Å². The third kappa shape index (κ3) is 2.11. The SMILES string of the molecule is CN1C(=O)C2(CCc3ccc(Oc4ccccc4)cc32)NC1=S. The van der Waals surface area contributed by atoms with E-state index in [1.165, 1.54) is 10.5 Å². The Hall–Kier alpha value is -2.40. The Bertz CT molecular complexity index is 806. The van der Waals surface area contributed by atoms with E-state index in [2.05, 4.69) is 5.32 Å². The summed E-state index contributed by atoms with van der Waals surface area (Å²) in [6, 6.07) is 15.6. The molecule has 0 radical (unpaired) electrons. The third-order valence-corrected chi connectivity index (χ3v) is 4.96. The van der Waals surface area contributed by atoms with Gasteiger partial charge in [0.2, 0.25) is 0 Å². The van der Waals surface area contributed by atoms with Gasteiger partial charge in [0.15, 0.2) is 5.11 Å². The number of hydrogen-bond acceptors (Lipinski definition) is 3. The second kappa shape index (κ2) is 5.06. The van der Waals surface area contributed by atoms with E-state index in [1.54, 1.807) is 7.05 Å². The summed E-state index contributed by atoms with van der Waals surface area (Å²) in [5.41, 5.74) is 1.42. The van der Waals surface area contributed by atoms with E-state index in [-0.39, 0.29) is 5.91 Å². The standard InChI is InChI=1S/C18H16N2O2S/c1-20-16(21)18(19-17(20)23)10-9-12-7-8-14(11-15(12)18)22-13-5-3-2-4-6-13/h2-8,11H,9-10H2,1H3,(H,19,23). The number of rotatable bonds is 2. The van der Waals surface area contributed by atoms with Crippen molar-refractivity contribution in [3.8, 4) is 11.5 Å². The highest BCUT2D eigenvalue weighted by Gasteiger charge is 2.52. The molecule has 1 heterocycles. The number of thiocarbonyl (C=S) groups is 1. The van der Waals surface area contributed by atoms with Gasteiger partial charge in [0.05, 0.1) is 0 Å². The van der Waals surface area contributed by atoms with E-state index in [0.29, 0.717) is 5.11 Å². The van der Waals surface area contributed by atoms with E-state index in [1.807, 2.05) is 48.5 Å². The molecule has 1 saturated heterocycles. The molecule has 1 amide bonds. The molecule has 5 heteroatoms. The van der Waals surface area contributed by atoms with Crippen LogP contribution in [0.1, 0.15) is 17.5 Å². The lowest BCUT2D eigenvalue weighted by Gasteiger charge is -2.22. The molecule has 1 spiro atoms. The quantitative estimate of drug-likeness (QED) is 0.863. The molecule has 1 N–H and O–H groups in total. The summed E-state index contributed by atoms with van der Waals surface area (Å²) >= 11 is 5.26. The molecule has 1 aliphatic heterocycles. The number of nitrogens with one attached hydrogen (secondary N) is 1. The Morgan fingerprint density at radius 3 is 2.65 bits per heavy atom. The largest absolute Gasteiger partial charge is 0.457 e. The van der Waals surface area contributed by atoms with Gasteiger partial charge in [-0.25, -0.2) is 0 Å². The summed E-state index contributed by atoms with van der Waals surface area (Å²) < 4.78 is 5.91. The zero-order valence-electron chi connectivity index (χ0n) is 12.7. The van der Waals surface area contributed by atoms with Crippen LogP contribution < -0.4 is 10.1 Å². The second-order valence-electron chi connectivity index (χ2n) is 5.93. The lowest BCUT2D eigenvalue weighted by Crippen LogP contribution is -2.41. The fraction of sp³-hybridized carbons (Fsp3) is 0.222. The predicted octanol–water partition coefficient (Wildman–Crippen LogP) is 2.97. The molecule has 0 bridgehead atoms. The van der Waals surface area contributed by atoms with Crippen LogP contribution in [0.2, 0.25) is 0 Å². The summed E-state index contributed by atoms with van der Waals surface area (Å²) in [5, 5.41) is 3.71. The number of ether oxygens (including phenoxy) is 1. The minimum Gasteiger partial charge on any atom is -0.457 e. The van der Waals surface area contributed by atoms with E-state index in [0.717, 1.165) is 29.9 Å². The molecule has 0 saturated carbocycles. The molecule has 23 heavy (non-hydrogen) atoms. The minimum atomic E-state index is -0.725. The van der Waals surface area contributed by atoms with Crippen molar-refractivity contribution >= 4 is 23.2 Å². The molecule has 1 atom stereocenters. The van der Waals surface area contributed by atoms with Crippen molar-refractivity contribution < 1.29 is 9.53 Å². The van der Waals surface area contributed by atoms with Gasteiger partial charge >= 0.3 is 0 Å². The Labute approximate surface area is 140 Å². The fourth-order valence-electron chi connectivity index (χ4n) is 3.37. The van der Waals surface area contributed by atoms with Gasteiger partial charge in [-0.2, -0.15) is 0 Å². The number of carbonyl (C=O) groups excluding carboxylic acids is 1. The van der Waals surface area contributed by atoms with Crippen molar-refractivity contribution in [3.63, 3.8) is 0 Å². The van der Waals surface area contributed by atoms with Crippen LogP contribution in [0, 0.1) is 0 Å². The van der Waals surface area contributed by atoms with Gasteiger partial charge in [0.25, 0.3) is 5.91 Å². The summed E-state index contributed by atoms with van der Waals surface area (Å²) in [6.45, 7) is 0. The molecular formula is C18H16N2O2S. The molecule has 2 aromatic rings. The molecule has 4 nitrogen and oxygen atoms in total. The summed E-state index contributed by atoms with van der Waals surface area (Å²) in [6.07, 6.45) is 1.58. The third-order valence-electron chi connectivity index (χ3n) is 4.58. The lowest BCUT2D eigenvalue weighted by molar-refractivity contribution is -0.130. The van der Waals surface area contributed by atoms with Crippen LogP contribution in [0.15, 0.2) is 48.5 Å². The van der Waals surface area contributed by atoms with Crippen LogP contribution in [0.4, 0.5) is 0 Å². The maximum Gasteiger partial charge on any atom is 0.258 e. The average Bonchev–Trinajstić information content (AvgIpc) is 3.03. The van der Waals surface area contributed by atoms with E-state index in [9.17, 15) is 4.79 Å². The zero-order valence-corrected chi connectivity index (χ0v) is 13.5. The van der Waals surface area contributed by atoms with Crippen LogP contribution >= 0.6 is 12.2 Å². The first-order valence-electron chi connectivity index (χ1n) is 7.57. The number of aryl methyl sites for hydroxylation is 1. The first kappa shape index (κ1) is 14.2. The number of carbonyl (C=O) groups is 1. The molecule has 2 aromatic carbocycles. The van der Waals surface area contributed by atoms with E-state index >= 15 is 0 Å². The van der Waals surface area contributed by atoms with Crippen LogP contribution in [-0.4, -0.2) is 23.0 Å². The normalized spacial score (nSPS) is 22.4. The van der Waals surface area contributed by atoms with Crippen molar-refractivity contribution in [1.29, 1.82) is 0 Å². The predicted molar refractivity (Wildman–Crippen MR) is 91.5 cm³/mol. The van der Waals surface area contributed by atoms with Crippen molar-refractivity contribution in [1.82, 2.24) is 10.2 Å². The Morgan fingerprint density at radius 2 is 1.96 bits per heavy atom. The first-order chi connectivity index (χ1) is 11.1. The smallest absolute Gasteiger partial charge is 0.258 e. The topological polar surface area (TPSA) is 41.6 Å². The van der Waals surface area contributed by atoms with Crippen LogP contribution in [0.5, 0.6) is 11.5 Å². The van der Waals surface area contributed by atoms with Gasteiger partial charge in [0, 0.05) is 7.05 Å². The van der Waals surface area contributed by atoms with Gasteiger partial charge in [-0.1, -0.05) is 24.3 Å². The number of hydrogen-bond donors (Lipinski definition) is 1. The Morgan fingerprint density at radius 1 is 1.17 bits per heavy atom. The zero-order chi connectivity index (χ0) is 16.0. The van der Waals surface area contributed by atoms with Gasteiger partial charge < -0.3 is 10.1 Å². The van der Waals surface area contributed by atoms with Crippen LogP contribution in [0.25, 0.3) is 0 Å². The number of fused-ring (bicyclic) bond motifs is 2. The molecule has 0 aromatic heterocycles. The maximum absolute atomic E-state index is 12.7. The number of likely N-dealkylation sites (N-methyl/N-ethyl adjacent to an activating group) is 1. The van der Waals surface area contributed by atoms with Crippen molar-refractivity contribution in [2.24, 2.45) is 0 Å². The van der Waals surface area contributed by atoms with Gasteiger partial charge in [-0.3, -0.25) is 9.69 Å². The Kier molecular flexibility index (Phi) is 3.13. The van der Waals surface area contributed by atoms with Gasteiger partial charge in [-0.15, -0.1) is 0 Å². The number of benzene rings is 2. The monoisotopic (exact) mass is 324 g/mol. The Balaban J connectivity index is 1.73. The molecule has 1 unspecified atom stereocenters. The molecule has 116 valence electrons. The van der Waals surface area contributed by atoms with Crippen LogP contribution in [0.3, 0.4) is 0 Å². The van der Waals surface area contributed by atoms with Gasteiger partial charge in [0.1, 0.15) is 17.0 Å². The lowest BCUT2D eigenvalue weighted by atomic mass is 9.91. The molecule has 1 fully saturated rings. The van der Waals surface area contributed by atoms with E-state index in [4.69, 9.17) is 17.0 Å². The highest BCUT2D eigenvalue weighted by Crippen LogP contribution is 2.43. The molecular weight excluding hydrogens is 308 g/mol.